The lowest BCUT2D eigenvalue weighted by molar-refractivity contribution is 0.663. The van der Waals surface area contributed by atoms with Crippen molar-refractivity contribution in [3.05, 3.63) is 431 Å². The average Bonchev–Trinajstić information content (AvgIpc) is 1.54. The number of para-hydroxylation sites is 3. The average molecular weight is 1510 g/mol. The zero-order valence-corrected chi connectivity index (χ0v) is 66.3. The standard InChI is InChI=1S/C115H76N4/c1-113(2)98-33-15-9-26-83(98)88-55-59-91-86-29-13-19-38-103(86)117(111(91)107(88)113)75-51-45-73(46-52-75)115(72-43-49-74(50-44-72)116-102-37-18-12-28-85(102)90-57-53-81-78-24-7-5-22-69(78)65-96(81)109(90)116)100-35-17-11-31-94(100)106-80(32-21-36-101(106)115)71-42-61-105-95(64-71)93-58-54-82-79-25-8-6-23-70(79)66-97(82)110(93)118(105)76-47-40-68-63-77(48-41-67(68)62-76)119-104-39-20-14-30-87(104)92-60-56-89-84-27-10-16-34-99(84)114(3,4)108(89)112(92)119/h5-64H,65-66H2,1-4H3. The Hall–Kier alpha value is -14.6. The Bertz CT molecular complexity index is 8350. The molecule has 0 N–H and O–H groups in total. The molecule has 1 unspecified atom stereocenters. The summed E-state index contributed by atoms with van der Waals surface area (Å²) in [4.78, 5) is 0. The molecule has 119 heavy (non-hydrogen) atoms. The molecule has 4 heterocycles. The Morgan fingerprint density at radius 1 is 0.227 bits per heavy atom. The van der Waals surface area contributed by atoms with Crippen LogP contribution in [0.25, 0.3) is 188 Å². The first-order chi connectivity index (χ1) is 58.6. The fourth-order valence-corrected chi connectivity index (χ4v) is 23.9. The maximum atomic E-state index is 2.60. The summed E-state index contributed by atoms with van der Waals surface area (Å²) in [6.45, 7) is 9.67. The van der Waals surface area contributed by atoms with E-state index in [9.17, 15) is 0 Å². The van der Waals surface area contributed by atoms with Crippen LogP contribution in [0.3, 0.4) is 0 Å². The van der Waals surface area contributed by atoms with Crippen LogP contribution < -0.4 is 0 Å². The van der Waals surface area contributed by atoms with Gasteiger partial charge in [-0.05, 0) is 223 Å². The molecule has 1 atom stereocenters. The molecule has 0 amide bonds. The molecule has 0 fully saturated rings. The third-order valence-electron chi connectivity index (χ3n) is 28.9. The zero-order valence-electron chi connectivity index (χ0n) is 66.3. The molecule has 0 bridgehead atoms. The summed E-state index contributed by atoms with van der Waals surface area (Å²) in [6.07, 6.45) is 1.76. The highest BCUT2D eigenvalue weighted by molar-refractivity contribution is 6.18. The van der Waals surface area contributed by atoms with Crippen LogP contribution in [-0.2, 0) is 29.1 Å². The fourth-order valence-electron chi connectivity index (χ4n) is 23.9. The van der Waals surface area contributed by atoms with Gasteiger partial charge in [0.2, 0.25) is 0 Å². The summed E-state index contributed by atoms with van der Waals surface area (Å²) in [5, 5.41) is 12.6. The molecule has 5 aliphatic rings. The van der Waals surface area contributed by atoms with Crippen molar-refractivity contribution in [2.45, 2.75) is 56.8 Å². The predicted octanol–water partition coefficient (Wildman–Crippen LogP) is 29.0. The van der Waals surface area contributed by atoms with E-state index in [1.54, 1.807) is 0 Å². The summed E-state index contributed by atoms with van der Waals surface area (Å²) < 4.78 is 10.3. The molecule has 4 nitrogen and oxygen atoms in total. The smallest absolute Gasteiger partial charge is 0.0713 e. The molecular weight excluding hydrogens is 1440 g/mol. The molecular formula is C115H76N4. The second-order valence-electron chi connectivity index (χ2n) is 35.2. The zero-order chi connectivity index (χ0) is 78.2. The molecule has 5 aliphatic carbocycles. The van der Waals surface area contributed by atoms with Crippen molar-refractivity contribution in [2.75, 3.05) is 0 Å². The van der Waals surface area contributed by atoms with Crippen LogP contribution >= 0.6 is 0 Å². The Balaban J connectivity index is 0.648. The second kappa shape index (κ2) is 23.4. The Kier molecular flexibility index (Phi) is 12.9. The van der Waals surface area contributed by atoms with E-state index in [0.29, 0.717) is 0 Å². The highest BCUT2D eigenvalue weighted by Gasteiger charge is 2.48. The van der Waals surface area contributed by atoms with Gasteiger partial charge in [-0.15, -0.1) is 0 Å². The van der Waals surface area contributed by atoms with Crippen molar-refractivity contribution in [3.8, 4) is 89.5 Å². The third kappa shape index (κ3) is 8.47. The van der Waals surface area contributed by atoms with Gasteiger partial charge in [0.15, 0.2) is 0 Å². The van der Waals surface area contributed by atoms with E-state index in [1.165, 1.54) is 237 Å². The minimum atomic E-state index is -0.756. The molecule has 18 aromatic carbocycles. The van der Waals surface area contributed by atoms with E-state index >= 15 is 0 Å². The van der Waals surface area contributed by atoms with E-state index in [-0.39, 0.29) is 10.8 Å². The molecule has 0 radical (unpaired) electrons. The predicted molar refractivity (Wildman–Crippen MR) is 496 cm³/mol. The molecule has 0 spiro atoms. The Labute approximate surface area is 688 Å². The number of aromatic nitrogens is 4. The lowest BCUT2D eigenvalue weighted by Gasteiger charge is -2.34. The first-order valence-electron chi connectivity index (χ1n) is 42.2. The molecule has 4 heteroatoms. The summed E-state index contributed by atoms with van der Waals surface area (Å²) in [5.41, 5.74) is 45.0. The summed E-state index contributed by atoms with van der Waals surface area (Å²) >= 11 is 0. The van der Waals surface area contributed by atoms with Gasteiger partial charge in [-0.1, -0.05) is 313 Å². The van der Waals surface area contributed by atoms with Gasteiger partial charge in [-0.3, -0.25) is 0 Å². The second-order valence-corrected chi connectivity index (χ2v) is 35.2. The van der Waals surface area contributed by atoms with Gasteiger partial charge < -0.3 is 18.3 Å². The van der Waals surface area contributed by atoms with Crippen molar-refractivity contribution in [1.82, 2.24) is 18.3 Å². The van der Waals surface area contributed by atoms with Gasteiger partial charge in [-0.2, -0.15) is 0 Å². The minimum Gasteiger partial charge on any atom is -0.309 e. The number of nitrogens with zero attached hydrogens (tertiary/aromatic N) is 4. The lowest BCUT2D eigenvalue weighted by atomic mass is 9.67. The number of benzene rings is 18. The van der Waals surface area contributed by atoms with E-state index < -0.39 is 5.41 Å². The molecule has 556 valence electrons. The summed E-state index contributed by atoms with van der Waals surface area (Å²) in [7, 11) is 0. The normalized spacial score (nSPS) is 15.3. The Morgan fingerprint density at radius 3 is 1.11 bits per heavy atom. The van der Waals surface area contributed by atoms with E-state index in [2.05, 4.69) is 410 Å². The summed E-state index contributed by atoms with van der Waals surface area (Å²) in [5.74, 6) is 0. The molecule has 0 saturated heterocycles. The van der Waals surface area contributed by atoms with Crippen molar-refractivity contribution >= 4 is 98.0 Å². The van der Waals surface area contributed by atoms with Gasteiger partial charge in [0.25, 0.3) is 0 Å². The SMILES string of the molecule is CC1(C)c2ccccc2-c2ccc3c4ccccc4n(-c4ccc(C5(c6ccc(-n7c8ccccc8c8ccc9c(c87)Cc7ccccc7-9)cc6)c6ccccc6-c6c(-c7ccc8c(c7)c7ccc9c(c7n8-c7ccc8cc(-n%10c%11ccccc%11c%11ccc%12c(c%11%10)C(C)(C)c%10ccccc%10-%12)ccc8c7)Cc7ccccc7-9)cccc65)cc4)c3c21. The number of rotatable bonds is 7. The van der Waals surface area contributed by atoms with Crippen LogP contribution in [0.1, 0.15) is 94.5 Å². The highest BCUT2D eigenvalue weighted by Crippen LogP contribution is 2.61. The van der Waals surface area contributed by atoms with Crippen molar-refractivity contribution < 1.29 is 0 Å². The quantitative estimate of drug-likeness (QED) is 0.152. The van der Waals surface area contributed by atoms with Crippen LogP contribution in [0.4, 0.5) is 0 Å². The topological polar surface area (TPSA) is 19.7 Å². The van der Waals surface area contributed by atoms with Crippen molar-refractivity contribution in [3.63, 3.8) is 0 Å². The first kappa shape index (κ1) is 65.7. The van der Waals surface area contributed by atoms with E-state index in [1.807, 2.05) is 0 Å². The minimum absolute atomic E-state index is 0.188. The van der Waals surface area contributed by atoms with Crippen LogP contribution in [-0.4, -0.2) is 18.3 Å². The van der Waals surface area contributed by atoms with Gasteiger partial charge in [-0.25, -0.2) is 0 Å². The fraction of sp³-hybridized carbons (Fsp3) is 0.0783. The first-order valence-corrected chi connectivity index (χ1v) is 42.2. The van der Waals surface area contributed by atoms with Gasteiger partial charge in [0.1, 0.15) is 0 Å². The number of fused-ring (bicyclic) bond motifs is 32. The molecule has 27 rings (SSSR count). The maximum Gasteiger partial charge on any atom is 0.0713 e. The van der Waals surface area contributed by atoms with Crippen LogP contribution in [0.2, 0.25) is 0 Å². The molecule has 4 aromatic heterocycles. The third-order valence-corrected chi connectivity index (χ3v) is 28.9. The lowest BCUT2D eigenvalue weighted by Crippen LogP contribution is -2.28. The molecule has 0 saturated carbocycles. The maximum absolute atomic E-state index is 2.60. The van der Waals surface area contributed by atoms with Crippen molar-refractivity contribution in [2.24, 2.45) is 0 Å². The van der Waals surface area contributed by atoms with Crippen LogP contribution in [0.5, 0.6) is 0 Å². The largest absolute Gasteiger partial charge is 0.309 e. The monoisotopic (exact) mass is 1510 g/mol. The van der Waals surface area contributed by atoms with Crippen LogP contribution in [0.15, 0.2) is 364 Å². The summed E-state index contributed by atoms with van der Waals surface area (Å²) in [6, 6.07) is 140. The Morgan fingerprint density at radius 2 is 0.597 bits per heavy atom. The molecule has 0 aliphatic heterocycles. The number of hydrogen-bond donors (Lipinski definition) is 0. The highest BCUT2D eigenvalue weighted by atomic mass is 15.0. The molecule has 22 aromatic rings. The van der Waals surface area contributed by atoms with Gasteiger partial charge >= 0.3 is 0 Å². The van der Waals surface area contributed by atoms with Crippen LogP contribution in [0, 0.1) is 0 Å². The van der Waals surface area contributed by atoms with E-state index in [0.717, 1.165) is 29.9 Å². The van der Waals surface area contributed by atoms with E-state index in [4.69, 9.17) is 0 Å². The van der Waals surface area contributed by atoms with Gasteiger partial charge in [0, 0.05) is 89.5 Å². The van der Waals surface area contributed by atoms with Crippen molar-refractivity contribution in [1.29, 1.82) is 0 Å². The van der Waals surface area contributed by atoms with Gasteiger partial charge in [0.05, 0.1) is 49.5 Å². The number of hydrogen-bond acceptors (Lipinski definition) is 0.